The second-order valence-electron chi connectivity index (χ2n) is 6.12. The summed E-state index contributed by atoms with van der Waals surface area (Å²) in [6.07, 6.45) is 2.28. The summed E-state index contributed by atoms with van der Waals surface area (Å²) in [5.74, 6) is 1.28. The minimum absolute atomic E-state index is 0.0422. The van der Waals surface area contributed by atoms with E-state index in [0.29, 0.717) is 24.7 Å². The number of aromatic nitrogens is 1. The van der Waals surface area contributed by atoms with Crippen LogP contribution in [0.4, 0.5) is 5.69 Å². The Morgan fingerprint density at radius 2 is 1.91 bits per heavy atom. The number of carbonyl (C=O) groups excluding carboxylic acids is 1. The smallest absolute Gasteiger partial charge is 0.276 e. The largest absolute Gasteiger partial charge is 0.367 e. The molecule has 0 N–H and O–H groups in total. The molecule has 23 heavy (non-hydrogen) atoms. The summed E-state index contributed by atoms with van der Waals surface area (Å²) in [6, 6.07) is 9.62. The summed E-state index contributed by atoms with van der Waals surface area (Å²) in [5.41, 5.74) is 1.46. The van der Waals surface area contributed by atoms with Crippen molar-refractivity contribution in [2.24, 2.45) is 0 Å². The molecule has 1 aromatic heterocycles. The minimum Gasteiger partial charge on any atom is -0.367 e. The van der Waals surface area contributed by atoms with Crippen LogP contribution in [0.25, 0.3) is 0 Å². The van der Waals surface area contributed by atoms with Gasteiger partial charge in [0, 0.05) is 38.2 Å². The summed E-state index contributed by atoms with van der Waals surface area (Å²) in [4.78, 5) is 16.6. The number of rotatable bonds is 3. The maximum Gasteiger partial charge on any atom is 0.276 e. The lowest BCUT2D eigenvalue weighted by molar-refractivity contribution is 0.0736. The van der Waals surface area contributed by atoms with Crippen molar-refractivity contribution >= 4 is 23.2 Å². The van der Waals surface area contributed by atoms with Gasteiger partial charge < -0.3 is 14.3 Å². The van der Waals surface area contributed by atoms with Crippen LogP contribution in [-0.4, -0.2) is 42.1 Å². The molecule has 2 heterocycles. The third-order valence-electron chi connectivity index (χ3n) is 4.49. The number of hydrogen-bond acceptors (Lipinski definition) is 4. The van der Waals surface area contributed by atoms with Crippen LogP contribution in [0.2, 0.25) is 5.02 Å². The molecule has 1 saturated carbocycles. The Hall–Kier alpha value is -2.01. The third-order valence-corrected chi connectivity index (χ3v) is 4.81. The first-order valence-corrected chi connectivity index (χ1v) is 8.35. The van der Waals surface area contributed by atoms with Gasteiger partial charge in [-0.2, -0.15) is 0 Å². The third kappa shape index (κ3) is 2.93. The van der Waals surface area contributed by atoms with Crippen molar-refractivity contribution in [3.63, 3.8) is 0 Å². The molecule has 1 aliphatic heterocycles. The van der Waals surface area contributed by atoms with Gasteiger partial charge in [-0.05, 0) is 25.0 Å². The van der Waals surface area contributed by atoms with E-state index in [1.807, 2.05) is 29.2 Å². The predicted octanol–water partition coefficient (Wildman–Crippen LogP) is 3.17. The van der Waals surface area contributed by atoms with Gasteiger partial charge >= 0.3 is 0 Å². The van der Waals surface area contributed by atoms with Gasteiger partial charge in [-0.15, -0.1) is 0 Å². The Balaban J connectivity index is 1.40. The highest BCUT2D eigenvalue weighted by atomic mass is 35.5. The van der Waals surface area contributed by atoms with E-state index in [1.165, 1.54) is 0 Å². The van der Waals surface area contributed by atoms with Gasteiger partial charge in [0.05, 0.1) is 10.7 Å². The van der Waals surface area contributed by atoms with E-state index in [1.54, 1.807) is 6.07 Å². The predicted molar refractivity (Wildman–Crippen MR) is 88.0 cm³/mol. The van der Waals surface area contributed by atoms with E-state index in [2.05, 4.69) is 10.1 Å². The molecule has 6 heteroatoms. The van der Waals surface area contributed by atoms with Crippen molar-refractivity contribution in [2.45, 2.75) is 18.8 Å². The van der Waals surface area contributed by atoms with E-state index in [9.17, 15) is 4.79 Å². The zero-order valence-electron chi connectivity index (χ0n) is 12.7. The molecule has 1 aliphatic carbocycles. The normalized spacial score (nSPS) is 18.3. The summed E-state index contributed by atoms with van der Waals surface area (Å²) in [5, 5.41) is 4.69. The molecule has 1 saturated heterocycles. The molecule has 0 radical (unpaired) electrons. The monoisotopic (exact) mass is 331 g/mol. The fourth-order valence-electron chi connectivity index (χ4n) is 2.97. The Morgan fingerprint density at radius 1 is 1.17 bits per heavy atom. The van der Waals surface area contributed by atoms with Gasteiger partial charge in [0.25, 0.3) is 5.91 Å². The number of carbonyl (C=O) groups is 1. The zero-order chi connectivity index (χ0) is 15.8. The van der Waals surface area contributed by atoms with Crippen LogP contribution in [0.1, 0.15) is 35.0 Å². The first-order valence-electron chi connectivity index (χ1n) is 7.98. The molecule has 5 nitrogen and oxygen atoms in total. The molecular formula is C17H18ClN3O2. The average Bonchev–Trinajstić information content (AvgIpc) is 3.32. The highest BCUT2D eigenvalue weighted by Gasteiger charge is 2.30. The van der Waals surface area contributed by atoms with Gasteiger partial charge in [-0.1, -0.05) is 28.9 Å². The fourth-order valence-corrected chi connectivity index (χ4v) is 3.23. The molecule has 2 aromatic rings. The number of anilines is 1. The Labute approximate surface area is 139 Å². The van der Waals surface area contributed by atoms with E-state index in [-0.39, 0.29) is 5.91 Å². The summed E-state index contributed by atoms with van der Waals surface area (Å²) < 4.78 is 5.28. The van der Waals surface area contributed by atoms with E-state index in [0.717, 1.165) is 42.4 Å². The molecule has 0 atom stereocenters. The van der Waals surface area contributed by atoms with Crippen molar-refractivity contribution in [3.05, 3.63) is 46.8 Å². The Kier molecular flexibility index (Phi) is 3.73. The molecule has 0 unspecified atom stereocenters. The zero-order valence-corrected chi connectivity index (χ0v) is 13.5. The van der Waals surface area contributed by atoms with Crippen molar-refractivity contribution in [3.8, 4) is 0 Å². The van der Waals surface area contributed by atoms with E-state index in [4.69, 9.17) is 16.1 Å². The van der Waals surface area contributed by atoms with Crippen LogP contribution < -0.4 is 4.90 Å². The number of piperazine rings is 1. The summed E-state index contributed by atoms with van der Waals surface area (Å²) in [7, 11) is 0. The minimum atomic E-state index is -0.0422. The number of halogens is 1. The van der Waals surface area contributed by atoms with Crippen molar-refractivity contribution in [1.82, 2.24) is 10.1 Å². The van der Waals surface area contributed by atoms with Gasteiger partial charge in [-0.3, -0.25) is 4.79 Å². The van der Waals surface area contributed by atoms with Gasteiger partial charge in [0.15, 0.2) is 5.69 Å². The fraction of sp³-hybridized carbons (Fsp3) is 0.412. The number of benzene rings is 1. The average molecular weight is 332 g/mol. The molecule has 0 spiro atoms. The first-order chi connectivity index (χ1) is 11.2. The van der Waals surface area contributed by atoms with Crippen LogP contribution in [0.5, 0.6) is 0 Å². The van der Waals surface area contributed by atoms with Crippen molar-refractivity contribution in [2.75, 3.05) is 31.1 Å². The highest BCUT2D eigenvalue weighted by Crippen LogP contribution is 2.40. The molecule has 2 fully saturated rings. The SMILES string of the molecule is O=C(c1cc(C2CC2)on1)N1CCN(c2ccccc2Cl)CC1. The van der Waals surface area contributed by atoms with Crippen LogP contribution in [-0.2, 0) is 0 Å². The summed E-state index contributed by atoms with van der Waals surface area (Å²) in [6.45, 7) is 2.86. The molecular weight excluding hydrogens is 314 g/mol. The lowest BCUT2D eigenvalue weighted by Crippen LogP contribution is -2.49. The number of hydrogen-bond donors (Lipinski definition) is 0. The maximum atomic E-state index is 12.5. The second kappa shape index (κ2) is 5.89. The van der Waals surface area contributed by atoms with Crippen LogP contribution in [0, 0.1) is 0 Å². The molecule has 4 rings (SSSR count). The Bertz CT molecular complexity index is 718. The van der Waals surface area contributed by atoms with Gasteiger partial charge in [0.1, 0.15) is 5.76 Å². The van der Waals surface area contributed by atoms with Gasteiger partial charge in [-0.25, -0.2) is 0 Å². The van der Waals surface area contributed by atoms with Crippen LogP contribution in [0.3, 0.4) is 0 Å². The maximum absolute atomic E-state index is 12.5. The standard InChI is InChI=1S/C17H18ClN3O2/c18-13-3-1-2-4-15(13)20-7-9-21(10-8-20)17(22)14-11-16(23-19-14)12-5-6-12/h1-4,11-12H,5-10H2. The molecule has 1 aromatic carbocycles. The number of amides is 1. The highest BCUT2D eigenvalue weighted by molar-refractivity contribution is 6.33. The number of para-hydroxylation sites is 1. The first kappa shape index (κ1) is 14.6. The lowest BCUT2D eigenvalue weighted by atomic mass is 10.2. The molecule has 1 amide bonds. The van der Waals surface area contributed by atoms with E-state index >= 15 is 0 Å². The number of nitrogens with zero attached hydrogens (tertiary/aromatic N) is 3. The lowest BCUT2D eigenvalue weighted by Gasteiger charge is -2.36. The summed E-state index contributed by atoms with van der Waals surface area (Å²) >= 11 is 6.25. The molecule has 2 aliphatic rings. The molecule has 0 bridgehead atoms. The van der Waals surface area contributed by atoms with Crippen LogP contribution >= 0.6 is 11.6 Å². The van der Waals surface area contributed by atoms with Crippen molar-refractivity contribution < 1.29 is 9.32 Å². The quantitative estimate of drug-likeness (QED) is 0.866. The Morgan fingerprint density at radius 3 is 2.61 bits per heavy atom. The van der Waals surface area contributed by atoms with Crippen LogP contribution in [0.15, 0.2) is 34.9 Å². The second-order valence-corrected chi connectivity index (χ2v) is 6.53. The van der Waals surface area contributed by atoms with E-state index < -0.39 is 0 Å². The van der Waals surface area contributed by atoms with Gasteiger partial charge in [0.2, 0.25) is 0 Å². The van der Waals surface area contributed by atoms with Crippen molar-refractivity contribution in [1.29, 1.82) is 0 Å². The topological polar surface area (TPSA) is 49.6 Å². The molecule has 120 valence electrons.